The van der Waals surface area contributed by atoms with Crippen LogP contribution >= 0.6 is 0 Å². The minimum atomic E-state index is -1.20. The van der Waals surface area contributed by atoms with Crippen LogP contribution in [-0.4, -0.2) is 35.7 Å². The van der Waals surface area contributed by atoms with Crippen molar-refractivity contribution in [1.29, 1.82) is 0 Å². The lowest BCUT2D eigenvalue weighted by Gasteiger charge is -2.29. The molecule has 6 heteroatoms. The molecule has 118 valence electrons. The van der Waals surface area contributed by atoms with Crippen molar-refractivity contribution in [2.45, 2.75) is 45.3 Å². The van der Waals surface area contributed by atoms with Gasteiger partial charge in [-0.05, 0) is 26.3 Å². The SMILES string of the molecule is CC(C)(C)OC(O)[C@H](CN)NC(=O)OCc1ccccc1. The van der Waals surface area contributed by atoms with E-state index in [0.717, 1.165) is 5.56 Å². The molecule has 0 radical (unpaired) electrons. The van der Waals surface area contributed by atoms with Gasteiger partial charge in [-0.1, -0.05) is 30.3 Å². The lowest BCUT2D eigenvalue weighted by molar-refractivity contribution is -0.177. The smallest absolute Gasteiger partial charge is 0.407 e. The van der Waals surface area contributed by atoms with Gasteiger partial charge in [-0.3, -0.25) is 0 Å². The molecule has 21 heavy (non-hydrogen) atoms. The summed E-state index contributed by atoms with van der Waals surface area (Å²) in [7, 11) is 0. The molecule has 0 aliphatic rings. The molecule has 6 nitrogen and oxygen atoms in total. The first-order valence-electron chi connectivity index (χ1n) is 6.85. The molecule has 4 N–H and O–H groups in total. The Balaban J connectivity index is 2.43. The normalized spacial score (nSPS) is 14.3. The van der Waals surface area contributed by atoms with Gasteiger partial charge in [0.05, 0.1) is 11.6 Å². The molecule has 0 aliphatic heterocycles. The standard InChI is InChI=1S/C15H24N2O4/c1-15(2,3)21-13(18)12(9-16)17-14(19)20-10-11-7-5-4-6-8-11/h4-8,12-13,18H,9-10,16H2,1-3H3,(H,17,19)/t12-,13?/m0/s1. The summed E-state index contributed by atoms with van der Waals surface area (Å²) < 4.78 is 10.4. The summed E-state index contributed by atoms with van der Waals surface area (Å²) in [6.07, 6.45) is -1.84. The molecular weight excluding hydrogens is 272 g/mol. The summed E-state index contributed by atoms with van der Waals surface area (Å²) in [5, 5.41) is 12.4. The highest BCUT2D eigenvalue weighted by molar-refractivity contribution is 5.67. The molecule has 2 atom stereocenters. The molecule has 0 saturated carbocycles. The third-order valence-electron chi connectivity index (χ3n) is 2.59. The first-order valence-corrected chi connectivity index (χ1v) is 6.85. The van der Waals surface area contributed by atoms with Gasteiger partial charge in [-0.2, -0.15) is 0 Å². The van der Waals surface area contributed by atoms with E-state index in [0.29, 0.717) is 0 Å². The Labute approximate surface area is 125 Å². The maximum atomic E-state index is 11.7. The molecule has 1 amide bonds. The monoisotopic (exact) mass is 296 g/mol. The van der Waals surface area contributed by atoms with Crippen LogP contribution in [0.3, 0.4) is 0 Å². The maximum Gasteiger partial charge on any atom is 0.407 e. The summed E-state index contributed by atoms with van der Waals surface area (Å²) in [6, 6.07) is 8.58. The molecule has 0 bridgehead atoms. The average Bonchev–Trinajstić information content (AvgIpc) is 2.41. The molecule has 0 heterocycles. The highest BCUT2D eigenvalue weighted by atomic mass is 16.6. The van der Waals surface area contributed by atoms with Gasteiger partial charge >= 0.3 is 6.09 Å². The van der Waals surface area contributed by atoms with Crippen LogP contribution in [0.4, 0.5) is 4.79 Å². The van der Waals surface area contributed by atoms with Gasteiger partial charge in [0.2, 0.25) is 0 Å². The number of aliphatic hydroxyl groups is 1. The highest BCUT2D eigenvalue weighted by Gasteiger charge is 2.25. The van der Waals surface area contributed by atoms with Gasteiger partial charge < -0.3 is 25.6 Å². The molecule has 0 saturated heterocycles. The van der Waals surface area contributed by atoms with Crippen molar-refractivity contribution < 1.29 is 19.4 Å². The third-order valence-corrected chi connectivity index (χ3v) is 2.59. The number of ether oxygens (including phenoxy) is 2. The molecule has 1 unspecified atom stereocenters. The first kappa shape index (κ1) is 17.4. The Morgan fingerprint density at radius 1 is 1.33 bits per heavy atom. The number of alkyl carbamates (subject to hydrolysis) is 1. The van der Waals surface area contributed by atoms with Crippen LogP contribution in [0.1, 0.15) is 26.3 Å². The number of benzene rings is 1. The van der Waals surface area contributed by atoms with E-state index in [2.05, 4.69) is 5.32 Å². The molecule has 0 fully saturated rings. The minimum Gasteiger partial charge on any atom is -0.445 e. The van der Waals surface area contributed by atoms with E-state index in [-0.39, 0.29) is 13.2 Å². The molecular formula is C15H24N2O4. The van der Waals surface area contributed by atoms with Crippen LogP contribution < -0.4 is 11.1 Å². The number of nitrogens with one attached hydrogen (secondary N) is 1. The first-order chi connectivity index (χ1) is 9.81. The summed E-state index contributed by atoms with van der Waals surface area (Å²) in [6.45, 7) is 5.60. The summed E-state index contributed by atoms with van der Waals surface area (Å²) >= 11 is 0. The number of amides is 1. The predicted octanol–water partition coefficient (Wildman–Crippen LogP) is 1.37. The number of carbonyl (C=O) groups excluding carboxylic acids is 1. The molecule has 0 aromatic heterocycles. The van der Waals surface area contributed by atoms with Gasteiger partial charge in [-0.15, -0.1) is 0 Å². The maximum absolute atomic E-state index is 11.7. The van der Waals surface area contributed by atoms with Crippen LogP contribution in [-0.2, 0) is 16.1 Å². The van der Waals surface area contributed by atoms with Crippen molar-refractivity contribution in [3.8, 4) is 0 Å². The van der Waals surface area contributed by atoms with E-state index in [1.54, 1.807) is 20.8 Å². The second-order valence-electron chi connectivity index (χ2n) is 5.67. The van der Waals surface area contributed by atoms with Crippen molar-refractivity contribution in [3.05, 3.63) is 35.9 Å². The molecule has 1 rings (SSSR count). The van der Waals surface area contributed by atoms with E-state index >= 15 is 0 Å². The Morgan fingerprint density at radius 3 is 2.48 bits per heavy atom. The number of hydrogen-bond acceptors (Lipinski definition) is 5. The van der Waals surface area contributed by atoms with Crippen LogP contribution in [0.2, 0.25) is 0 Å². The van der Waals surface area contributed by atoms with Crippen molar-refractivity contribution in [2.24, 2.45) is 5.73 Å². The summed E-state index contributed by atoms with van der Waals surface area (Å²) in [5.41, 5.74) is 5.88. The van der Waals surface area contributed by atoms with Gasteiger partial charge in [0.15, 0.2) is 6.29 Å². The van der Waals surface area contributed by atoms with E-state index < -0.39 is 24.0 Å². The van der Waals surface area contributed by atoms with E-state index in [1.165, 1.54) is 0 Å². The second-order valence-corrected chi connectivity index (χ2v) is 5.67. The van der Waals surface area contributed by atoms with Crippen molar-refractivity contribution >= 4 is 6.09 Å². The third kappa shape index (κ3) is 7.08. The van der Waals surface area contributed by atoms with E-state index in [9.17, 15) is 9.90 Å². The van der Waals surface area contributed by atoms with Crippen LogP contribution in [0.15, 0.2) is 30.3 Å². The Kier molecular flexibility index (Phi) is 6.61. The highest BCUT2D eigenvalue weighted by Crippen LogP contribution is 2.11. The zero-order chi connectivity index (χ0) is 15.9. The van der Waals surface area contributed by atoms with Crippen molar-refractivity contribution in [2.75, 3.05) is 6.54 Å². The Hall–Kier alpha value is -1.63. The average molecular weight is 296 g/mol. The van der Waals surface area contributed by atoms with Crippen LogP contribution in [0, 0.1) is 0 Å². The number of nitrogens with two attached hydrogens (primary N) is 1. The fourth-order valence-corrected chi connectivity index (χ4v) is 1.61. The minimum absolute atomic E-state index is 0.0394. The van der Waals surface area contributed by atoms with Crippen LogP contribution in [0.25, 0.3) is 0 Å². The lowest BCUT2D eigenvalue weighted by atomic mass is 10.2. The second kappa shape index (κ2) is 7.97. The van der Waals surface area contributed by atoms with Gasteiger partial charge in [-0.25, -0.2) is 4.79 Å². The Bertz CT molecular complexity index is 431. The Morgan fingerprint density at radius 2 is 1.95 bits per heavy atom. The fourth-order valence-electron chi connectivity index (χ4n) is 1.61. The fraction of sp³-hybridized carbons (Fsp3) is 0.533. The largest absolute Gasteiger partial charge is 0.445 e. The zero-order valence-corrected chi connectivity index (χ0v) is 12.7. The van der Waals surface area contributed by atoms with E-state index in [1.807, 2.05) is 30.3 Å². The van der Waals surface area contributed by atoms with Crippen LogP contribution in [0.5, 0.6) is 0 Å². The summed E-state index contributed by atoms with van der Waals surface area (Å²) in [5.74, 6) is 0. The van der Waals surface area contributed by atoms with Gasteiger partial charge in [0.25, 0.3) is 0 Å². The van der Waals surface area contributed by atoms with Crippen molar-refractivity contribution in [3.63, 3.8) is 0 Å². The zero-order valence-electron chi connectivity index (χ0n) is 12.7. The number of carbonyl (C=O) groups is 1. The van der Waals surface area contributed by atoms with Crippen molar-refractivity contribution in [1.82, 2.24) is 5.32 Å². The number of aliphatic hydroxyl groups excluding tert-OH is 1. The molecule has 0 aliphatic carbocycles. The predicted molar refractivity (Wildman–Crippen MR) is 79.4 cm³/mol. The molecule has 1 aromatic carbocycles. The summed E-state index contributed by atoms with van der Waals surface area (Å²) in [4.78, 5) is 11.7. The van der Waals surface area contributed by atoms with E-state index in [4.69, 9.17) is 15.2 Å². The molecule has 1 aromatic rings. The number of hydrogen-bond donors (Lipinski definition) is 3. The van der Waals surface area contributed by atoms with Gasteiger partial charge in [0, 0.05) is 6.54 Å². The topological polar surface area (TPSA) is 93.8 Å². The number of rotatable bonds is 6. The molecule has 0 spiro atoms. The lowest BCUT2D eigenvalue weighted by Crippen LogP contribution is -2.51. The van der Waals surface area contributed by atoms with Gasteiger partial charge in [0.1, 0.15) is 6.61 Å². The quantitative estimate of drug-likeness (QED) is 0.689.